The highest BCUT2D eigenvalue weighted by atomic mass is 16.4. The molecule has 0 unspecified atom stereocenters. The van der Waals surface area contributed by atoms with Gasteiger partial charge in [-0.1, -0.05) is 45.9 Å². The van der Waals surface area contributed by atoms with Crippen LogP contribution >= 0.6 is 0 Å². The SMILES string of the molecule is CC(C)C[C@H](NC(=O)[C@H](Cc1c[nH]c2ccccc12)NC(=O)[C@H](Cc1cnc[nH]1)NC(=O)[C@H](CO)NC(=O)[C@H](CO)NC(=O)[C@H](CO)NC(=O)[C@H](Cc1cnc[nH]1)NC(=O)[C@@H]1CCCN1C(=O)[C@H](CC(C)C)NC(=O)[C@@H](N)CCC(N)=O)C(=O)O. The van der Waals surface area contributed by atoms with E-state index in [1.54, 1.807) is 44.3 Å². The van der Waals surface area contributed by atoms with Gasteiger partial charge in [-0.2, -0.15) is 0 Å². The molecule has 31 nitrogen and oxygen atoms in total. The number of likely N-dealkylation sites (tertiary alicyclic amines) is 1. The summed E-state index contributed by atoms with van der Waals surface area (Å²) in [6.45, 7) is 3.96. The van der Waals surface area contributed by atoms with E-state index in [4.69, 9.17) is 11.5 Å². The molecule has 1 aromatic carbocycles. The van der Waals surface area contributed by atoms with Crippen molar-refractivity contribution < 1.29 is 73.2 Å². The van der Waals surface area contributed by atoms with Gasteiger partial charge in [-0.05, 0) is 55.6 Å². The Hall–Kier alpha value is -8.81. The van der Waals surface area contributed by atoms with Crippen molar-refractivity contribution in [3.8, 4) is 0 Å². The predicted molar refractivity (Wildman–Crippen MR) is 301 cm³/mol. The average Bonchev–Trinajstić information content (AvgIpc) is 4.50. The molecular weight excluding hydrogens is 1110 g/mol. The number of carbonyl (C=O) groups excluding carboxylic acids is 10. The summed E-state index contributed by atoms with van der Waals surface area (Å²) >= 11 is 0. The summed E-state index contributed by atoms with van der Waals surface area (Å²) in [5.74, 6) is -10.8. The number of aliphatic hydroxyl groups excluding tert-OH is 3. The second-order valence-corrected chi connectivity index (χ2v) is 21.6. The predicted octanol–water partition coefficient (Wildman–Crippen LogP) is -4.74. The van der Waals surface area contributed by atoms with E-state index in [9.17, 15) is 73.2 Å². The third-order valence-electron chi connectivity index (χ3n) is 13.9. The van der Waals surface area contributed by atoms with E-state index in [-0.39, 0.29) is 69.7 Å². The summed E-state index contributed by atoms with van der Waals surface area (Å²) in [5.41, 5.74) is 13.1. The molecule has 1 aliphatic heterocycles. The van der Waals surface area contributed by atoms with Gasteiger partial charge < -0.3 is 94.3 Å². The molecule has 31 heteroatoms. The third-order valence-corrected chi connectivity index (χ3v) is 13.9. The van der Waals surface area contributed by atoms with Crippen molar-refractivity contribution >= 4 is 75.9 Å². The number of aliphatic hydroxyl groups is 3. The number of aromatic amines is 3. The molecule has 3 aromatic heterocycles. The van der Waals surface area contributed by atoms with Gasteiger partial charge in [-0.25, -0.2) is 14.8 Å². The molecule has 19 N–H and O–H groups in total. The van der Waals surface area contributed by atoms with Crippen LogP contribution in [0.15, 0.2) is 55.5 Å². The van der Waals surface area contributed by atoms with Crippen LogP contribution in [0.3, 0.4) is 0 Å². The van der Waals surface area contributed by atoms with Crippen LogP contribution in [-0.2, 0) is 72.0 Å². The fourth-order valence-corrected chi connectivity index (χ4v) is 9.46. The monoisotopic (exact) mass is 1190 g/mol. The first-order valence-corrected chi connectivity index (χ1v) is 27.7. The van der Waals surface area contributed by atoms with Crippen LogP contribution in [0, 0.1) is 11.8 Å². The van der Waals surface area contributed by atoms with E-state index >= 15 is 0 Å². The van der Waals surface area contributed by atoms with Crippen molar-refractivity contribution in [2.45, 2.75) is 146 Å². The first-order valence-electron chi connectivity index (χ1n) is 27.7. The van der Waals surface area contributed by atoms with Crippen LogP contribution in [0.1, 0.15) is 83.2 Å². The second-order valence-electron chi connectivity index (χ2n) is 21.6. The van der Waals surface area contributed by atoms with Gasteiger partial charge in [-0.3, -0.25) is 47.9 Å². The summed E-state index contributed by atoms with van der Waals surface area (Å²) in [7, 11) is 0. The number of carboxylic acid groups (broad SMARTS) is 1. The van der Waals surface area contributed by atoms with Crippen LogP contribution in [0.5, 0.6) is 0 Å². The molecule has 4 aromatic rings. The minimum absolute atomic E-state index is 0.0650. The summed E-state index contributed by atoms with van der Waals surface area (Å²) in [5, 5.41) is 61.2. The zero-order valence-corrected chi connectivity index (χ0v) is 47.6. The Balaban J connectivity index is 1.26. The number of fused-ring (bicyclic) bond motifs is 1. The van der Waals surface area contributed by atoms with Gasteiger partial charge in [0, 0.05) is 73.1 Å². The van der Waals surface area contributed by atoms with E-state index < -0.39 is 145 Å². The maximum atomic E-state index is 14.3. The minimum atomic E-state index is -1.90. The molecule has 5 rings (SSSR count). The van der Waals surface area contributed by atoms with Crippen molar-refractivity contribution in [3.05, 3.63) is 72.5 Å². The maximum absolute atomic E-state index is 14.3. The zero-order valence-electron chi connectivity index (χ0n) is 47.6. The Morgan fingerprint density at radius 2 is 1.05 bits per heavy atom. The molecule has 0 saturated carbocycles. The van der Waals surface area contributed by atoms with Gasteiger partial charge >= 0.3 is 5.97 Å². The fraction of sp³-hybridized carbons (Fsp3) is 0.537. The number of benzene rings is 1. The van der Waals surface area contributed by atoms with Crippen LogP contribution in [-0.4, -0.2) is 202 Å². The Labute approximate surface area is 488 Å². The number of aromatic nitrogens is 5. The Kier molecular flexibility index (Phi) is 25.5. The van der Waals surface area contributed by atoms with Gasteiger partial charge in [0.2, 0.25) is 59.1 Å². The summed E-state index contributed by atoms with van der Waals surface area (Å²) < 4.78 is 0. The Bertz CT molecular complexity index is 2930. The van der Waals surface area contributed by atoms with Crippen molar-refractivity contribution in [3.63, 3.8) is 0 Å². The van der Waals surface area contributed by atoms with Crippen molar-refractivity contribution in [2.24, 2.45) is 23.3 Å². The molecule has 4 heterocycles. The van der Waals surface area contributed by atoms with Gasteiger partial charge in [0.25, 0.3) is 0 Å². The number of nitrogens with one attached hydrogen (secondary N) is 11. The number of nitrogens with two attached hydrogens (primary N) is 2. The third kappa shape index (κ3) is 19.9. The number of carboxylic acids is 1. The van der Waals surface area contributed by atoms with Crippen molar-refractivity contribution in [2.75, 3.05) is 26.4 Å². The summed E-state index contributed by atoms with van der Waals surface area (Å²) in [6.07, 6.45) is 6.79. The van der Waals surface area contributed by atoms with Gasteiger partial charge in [0.15, 0.2) is 0 Å². The van der Waals surface area contributed by atoms with Gasteiger partial charge in [0.1, 0.15) is 54.4 Å². The van der Waals surface area contributed by atoms with Crippen LogP contribution < -0.4 is 54.0 Å². The molecule has 10 amide bonds. The van der Waals surface area contributed by atoms with Gasteiger partial charge in [0.05, 0.1) is 38.5 Å². The average molecular weight is 1190 g/mol. The number of hydrogen-bond donors (Lipinski definition) is 17. The van der Waals surface area contributed by atoms with Crippen LogP contribution in [0.25, 0.3) is 10.9 Å². The first-order chi connectivity index (χ1) is 40.4. The quantitative estimate of drug-likeness (QED) is 0.0209. The van der Waals surface area contributed by atoms with Gasteiger partial charge in [-0.15, -0.1) is 0 Å². The second kappa shape index (κ2) is 32.3. The van der Waals surface area contributed by atoms with E-state index in [0.29, 0.717) is 28.8 Å². The lowest BCUT2D eigenvalue weighted by atomic mass is 10.0. The molecule has 1 aliphatic rings. The number of aliphatic carboxylic acids is 1. The molecule has 0 aliphatic carbocycles. The molecule has 85 heavy (non-hydrogen) atoms. The molecule has 1 saturated heterocycles. The van der Waals surface area contributed by atoms with Crippen LogP contribution in [0.4, 0.5) is 0 Å². The number of para-hydroxylation sites is 1. The molecule has 464 valence electrons. The normalized spacial score (nSPS) is 16.4. The number of H-pyrrole nitrogens is 3. The highest BCUT2D eigenvalue weighted by Crippen LogP contribution is 2.22. The van der Waals surface area contributed by atoms with E-state index in [0.717, 1.165) is 5.52 Å². The number of nitrogens with zero attached hydrogens (tertiary/aromatic N) is 3. The molecule has 1 fully saturated rings. The number of hydrogen-bond acceptors (Lipinski definition) is 17. The zero-order chi connectivity index (χ0) is 62.5. The molecule has 0 radical (unpaired) electrons. The standard InChI is InChI=1S/C54H78N16O15/c1-27(2)14-38(65-45(75)33(55)11-12-44(56)74)53(83)70-13-7-10-43(70)52(82)64-37(18-31-21-58-26-61-31)48(78)67-41(23-72)50(80)69-42(24-73)51(81)68-40(22-71)49(79)63-36(17-30-20-57-25-60-30)47(77)62-35(46(76)66-39(54(84)85)15-28(3)4)16-29-19-59-34-9-6-5-8-32(29)34/h5-6,8-9,19-21,25-28,33,35-43,59,71-73H,7,10-18,22-24,55H2,1-4H3,(H2,56,74)(H,57,60)(H,58,61)(H,62,77)(H,63,79)(H,64,82)(H,65,75)(H,66,76)(H,67,78)(H,68,81)(H,69,80)(H,84,85)/t33-,35-,36-,37-,38-,39-,40-,41-,42-,43-/m0/s1. The minimum Gasteiger partial charge on any atom is -0.480 e. The number of carbonyl (C=O) groups is 11. The number of amides is 10. The summed E-state index contributed by atoms with van der Waals surface area (Å²) in [6, 6.07) is -7.67. The Morgan fingerprint density at radius 3 is 1.52 bits per heavy atom. The number of imidazole rings is 2. The van der Waals surface area contributed by atoms with Crippen molar-refractivity contribution in [1.29, 1.82) is 0 Å². The summed E-state index contributed by atoms with van der Waals surface area (Å²) in [4.78, 5) is 166. The maximum Gasteiger partial charge on any atom is 0.326 e. The smallest absolute Gasteiger partial charge is 0.326 e. The lowest BCUT2D eigenvalue weighted by Gasteiger charge is -2.31. The Morgan fingerprint density at radius 1 is 0.600 bits per heavy atom. The molecule has 10 atom stereocenters. The largest absolute Gasteiger partial charge is 0.480 e. The molecule has 0 spiro atoms. The first kappa shape index (κ1) is 67.0. The fourth-order valence-electron chi connectivity index (χ4n) is 9.46. The lowest BCUT2D eigenvalue weighted by Crippen LogP contribution is -2.62. The highest BCUT2D eigenvalue weighted by molar-refractivity contribution is 5.99. The number of rotatable bonds is 34. The van der Waals surface area contributed by atoms with Crippen molar-refractivity contribution in [1.82, 2.24) is 72.4 Å². The lowest BCUT2D eigenvalue weighted by molar-refractivity contribution is -0.143. The van der Waals surface area contributed by atoms with Crippen LogP contribution in [0.2, 0.25) is 0 Å². The van der Waals surface area contributed by atoms with E-state index in [1.165, 1.54) is 29.9 Å². The topological polar surface area (TPSA) is 493 Å². The van der Waals surface area contributed by atoms with E-state index in [1.807, 2.05) is 13.8 Å². The highest BCUT2D eigenvalue weighted by Gasteiger charge is 2.41. The number of primary amides is 1. The molecule has 0 bridgehead atoms. The molecular formula is C54H78N16O15. The van der Waals surface area contributed by atoms with E-state index in [2.05, 4.69) is 67.5 Å².